The molecule has 3 nitrogen and oxygen atoms in total. The zero-order valence-corrected chi connectivity index (χ0v) is 11.1. The predicted molar refractivity (Wildman–Crippen MR) is 71.8 cm³/mol. The average Bonchev–Trinajstić information content (AvgIpc) is 2.40. The number of rotatable bonds is 0. The van der Waals surface area contributed by atoms with E-state index in [9.17, 15) is 4.79 Å². The fourth-order valence-electron chi connectivity index (χ4n) is 3.42. The Morgan fingerprint density at radius 3 is 2.50 bits per heavy atom. The summed E-state index contributed by atoms with van der Waals surface area (Å²) in [4.78, 5) is 16.5. The molecule has 1 aromatic rings. The lowest BCUT2D eigenvalue weighted by Gasteiger charge is -2.47. The largest absolute Gasteiger partial charge is 0.341 e. The number of nitrogens with zero attached hydrogens (tertiary/aromatic N) is 2. The number of piperidine rings is 1. The molecule has 0 aliphatic carbocycles. The standard InChI is InChI=1S/C15H20N2O/c1-16-9-7-15(8-10-16)11-17(2)14(18)12-5-3-4-6-13(12)15/h3-6H,7-11H2,1-2H3. The highest BCUT2D eigenvalue weighted by Gasteiger charge is 2.43. The van der Waals surface area contributed by atoms with Gasteiger partial charge in [0.05, 0.1) is 0 Å². The zero-order chi connectivity index (χ0) is 12.8. The van der Waals surface area contributed by atoms with E-state index >= 15 is 0 Å². The summed E-state index contributed by atoms with van der Waals surface area (Å²) in [7, 11) is 4.11. The van der Waals surface area contributed by atoms with Crippen molar-refractivity contribution >= 4 is 5.91 Å². The van der Waals surface area contributed by atoms with Crippen LogP contribution in [0.15, 0.2) is 24.3 Å². The van der Waals surface area contributed by atoms with Crippen LogP contribution < -0.4 is 0 Å². The van der Waals surface area contributed by atoms with E-state index in [2.05, 4.69) is 24.1 Å². The second-order valence-corrected chi connectivity index (χ2v) is 5.79. The Morgan fingerprint density at radius 1 is 1.11 bits per heavy atom. The molecule has 0 aromatic heterocycles. The van der Waals surface area contributed by atoms with Crippen LogP contribution in [0.25, 0.3) is 0 Å². The first-order valence-electron chi connectivity index (χ1n) is 6.66. The van der Waals surface area contributed by atoms with Gasteiger partial charge in [-0.3, -0.25) is 4.79 Å². The molecule has 18 heavy (non-hydrogen) atoms. The summed E-state index contributed by atoms with van der Waals surface area (Å²) in [6.45, 7) is 3.11. The van der Waals surface area contributed by atoms with Gasteiger partial charge in [-0.2, -0.15) is 0 Å². The topological polar surface area (TPSA) is 23.6 Å². The number of hydrogen-bond acceptors (Lipinski definition) is 2. The summed E-state index contributed by atoms with van der Waals surface area (Å²) in [5.41, 5.74) is 2.38. The van der Waals surface area contributed by atoms with Gasteiger partial charge < -0.3 is 9.80 Å². The van der Waals surface area contributed by atoms with Crippen LogP contribution in [0.4, 0.5) is 0 Å². The Morgan fingerprint density at radius 2 is 1.78 bits per heavy atom. The van der Waals surface area contributed by atoms with E-state index in [0.717, 1.165) is 38.0 Å². The van der Waals surface area contributed by atoms with Gasteiger partial charge in [0.25, 0.3) is 5.91 Å². The van der Waals surface area contributed by atoms with Crippen LogP contribution in [-0.4, -0.2) is 49.4 Å². The smallest absolute Gasteiger partial charge is 0.253 e. The Hall–Kier alpha value is -1.35. The quantitative estimate of drug-likeness (QED) is 0.694. The molecule has 0 saturated carbocycles. The minimum absolute atomic E-state index is 0.176. The number of carbonyl (C=O) groups excluding carboxylic acids is 1. The van der Waals surface area contributed by atoms with E-state index in [4.69, 9.17) is 0 Å². The summed E-state index contributed by atoms with van der Waals surface area (Å²) >= 11 is 0. The first kappa shape index (κ1) is 11.7. The molecule has 1 spiro atoms. The number of amides is 1. The van der Waals surface area contributed by atoms with E-state index in [1.54, 1.807) is 0 Å². The third kappa shape index (κ3) is 1.65. The molecule has 0 radical (unpaired) electrons. The molecule has 1 fully saturated rings. The van der Waals surface area contributed by atoms with Crippen molar-refractivity contribution in [2.75, 3.05) is 33.7 Å². The molecular formula is C15H20N2O. The number of hydrogen-bond donors (Lipinski definition) is 0. The maximum atomic E-state index is 12.2. The predicted octanol–water partition coefficient (Wildman–Crippen LogP) is 1.74. The van der Waals surface area contributed by atoms with E-state index in [1.807, 2.05) is 24.1 Å². The SMILES string of the molecule is CN1CCC2(CC1)CN(C)C(=O)c1ccccc12. The number of benzene rings is 1. The first-order chi connectivity index (χ1) is 8.62. The third-order valence-corrected chi connectivity index (χ3v) is 4.56. The molecule has 3 rings (SSSR count). The summed E-state index contributed by atoms with van der Waals surface area (Å²) in [6.07, 6.45) is 2.30. The average molecular weight is 244 g/mol. The molecule has 2 aliphatic heterocycles. The molecule has 96 valence electrons. The van der Waals surface area contributed by atoms with Crippen LogP contribution in [0.5, 0.6) is 0 Å². The molecule has 0 atom stereocenters. The minimum Gasteiger partial charge on any atom is -0.341 e. The van der Waals surface area contributed by atoms with Gasteiger partial charge in [-0.05, 0) is 44.6 Å². The van der Waals surface area contributed by atoms with Crippen LogP contribution in [0.3, 0.4) is 0 Å². The molecule has 2 aliphatic rings. The number of likely N-dealkylation sites (N-methyl/N-ethyl adjacent to an activating group) is 1. The molecule has 2 heterocycles. The summed E-state index contributed by atoms with van der Waals surface area (Å²) < 4.78 is 0. The maximum absolute atomic E-state index is 12.2. The monoisotopic (exact) mass is 244 g/mol. The van der Waals surface area contributed by atoms with Crippen molar-refractivity contribution in [3.8, 4) is 0 Å². The number of fused-ring (bicyclic) bond motifs is 2. The highest BCUT2D eigenvalue weighted by atomic mass is 16.2. The Bertz CT molecular complexity index is 475. The van der Waals surface area contributed by atoms with Gasteiger partial charge in [0.1, 0.15) is 0 Å². The second kappa shape index (κ2) is 4.09. The Balaban J connectivity index is 2.06. The van der Waals surface area contributed by atoms with Gasteiger partial charge in [0.2, 0.25) is 0 Å². The lowest BCUT2D eigenvalue weighted by molar-refractivity contribution is 0.0658. The van der Waals surface area contributed by atoms with Gasteiger partial charge in [0, 0.05) is 24.6 Å². The summed E-state index contributed by atoms with van der Waals surface area (Å²) in [5, 5.41) is 0. The molecule has 0 N–H and O–H groups in total. The zero-order valence-electron chi connectivity index (χ0n) is 11.1. The highest BCUT2D eigenvalue weighted by molar-refractivity contribution is 5.97. The molecule has 0 bridgehead atoms. The van der Waals surface area contributed by atoms with Gasteiger partial charge >= 0.3 is 0 Å². The maximum Gasteiger partial charge on any atom is 0.253 e. The summed E-state index contributed by atoms with van der Waals surface area (Å²) in [6, 6.07) is 8.18. The van der Waals surface area contributed by atoms with Gasteiger partial charge in [-0.15, -0.1) is 0 Å². The number of carbonyl (C=O) groups is 1. The van der Waals surface area contributed by atoms with Crippen molar-refractivity contribution in [1.29, 1.82) is 0 Å². The molecule has 1 aromatic carbocycles. The highest BCUT2D eigenvalue weighted by Crippen LogP contribution is 2.40. The normalized spacial score (nSPS) is 23.2. The van der Waals surface area contributed by atoms with Crippen molar-refractivity contribution in [1.82, 2.24) is 9.80 Å². The van der Waals surface area contributed by atoms with Crippen LogP contribution in [0.1, 0.15) is 28.8 Å². The van der Waals surface area contributed by atoms with Crippen molar-refractivity contribution in [3.63, 3.8) is 0 Å². The van der Waals surface area contributed by atoms with Crippen LogP contribution in [0, 0.1) is 0 Å². The molecule has 1 amide bonds. The van der Waals surface area contributed by atoms with Gasteiger partial charge in [-0.25, -0.2) is 0 Å². The van der Waals surface area contributed by atoms with Gasteiger partial charge in [0.15, 0.2) is 0 Å². The second-order valence-electron chi connectivity index (χ2n) is 5.79. The van der Waals surface area contributed by atoms with Crippen molar-refractivity contribution in [2.45, 2.75) is 18.3 Å². The van der Waals surface area contributed by atoms with E-state index in [1.165, 1.54) is 5.56 Å². The molecule has 1 saturated heterocycles. The first-order valence-corrected chi connectivity index (χ1v) is 6.66. The minimum atomic E-state index is 0.176. The van der Waals surface area contributed by atoms with Crippen LogP contribution in [0.2, 0.25) is 0 Å². The van der Waals surface area contributed by atoms with E-state index in [-0.39, 0.29) is 11.3 Å². The van der Waals surface area contributed by atoms with Gasteiger partial charge in [-0.1, -0.05) is 18.2 Å². The Labute approximate surface area is 108 Å². The van der Waals surface area contributed by atoms with Crippen molar-refractivity contribution in [2.24, 2.45) is 0 Å². The molecule has 0 unspecified atom stereocenters. The third-order valence-electron chi connectivity index (χ3n) is 4.56. The van der Waals surface area contributed by atoms with Crippen LogP contribution >= 0.6 is 0 Å². The molecular weight excluding hydrogens is 224 g/mol. The fraction of sp³-hybridized carbons (Fsp3) is 0.533. The Kier molecular flexibility index (Phi) is 2.67. The van der Waals surface area contributed by atoms with Crippen molar-refractivity contribution < 1.29 is 4.79 Å². The lowest BCUT2D eigenvalue weighted by Crippen LogP contribution is -2.52. The van der Waals surface area contributed by atoms with E-state index < -0.39 is 0 Å². The van der Waals surface area contributed by atoms with Crippen molar-refractivity contribution in [3.05, 3.63) is 35.4 Å². The fourth-order valence-corrected chi connectivity index (χ4v) is 3.42. The van der Waals surface area contributed by atoms with Crippen LogP contribution in [-0.2, 0) is 5.41 Å². The summed E-state index contributed by atoms with van der Waals surface area (Å²) in [5.74, 6) is 0.176. The number of likely N-dealkylation sites (tertiary alicyclic amines) is 1. The molecule has 3 heteroatoms. The lowest BCUT2D eigenvalue weighted by atomic mass is 9.69. The van der Waals surface area contributed by atoms with E-state index in [0.29, 0.717) is 0 Å².